The number of guanidine groups is 1. The van der Waals surface area contributed by atoms with Crippen molar-refractivity contribution in [2.75, 3.05) is 31.5 Å². The zero-order valence-electron chi connectivity index (χ0n) is 13.0. The van der Waals surface area contributed by atoms with Gasteiger partial charge in [0.15, 0.2) is 5.96 Å². The highest BCUT2D eigenvalue weighted by Crippen LogP contribution is 2.16. The van der Waals surface area contributed by atoms with Crippen LogP contribution in [0.25, 0.3) is 0 Å². The fraction of sp³-hybridized carbons (Fsp3) is 0.562. The van der Waals surface area contributed by atoms with Crippen LogP contribution in [-0.4, -0.2) is 37.0 Å². The summed E-state index contributed by atoms with van der Waals surface area (Å²) in [4.78, 5) is 6.99. The minimum atomic E-state index is 0. The number of benzene rings is 1. The number of nitrogens with zero attached hydrogens (tertiary/aromatic N) is 2. The molecule has 0 aromatic heterocycles. The Morgan fingerprint density at radius 3 is 2.76 bits per heavy atom. The Labute approximate surface area is 145 Å². The molecule has 0 radical (unpaired) electrons. The van der Waals surface area contributed by atoms with Crippen LogP contribution in [0.1, 0.15) is 25.3 Å². The first-order valence-electron chi connectivity index (χ1n) is 7.53. The highest BCUT2D eigenvalue weighted by molar-refractivity contribution is 14.0. The van der Waals surface area contributed by atoms with E-state index in [0.29, 0.717) is 11.9 Å². The normalized spacial score (nSPS) is 19.3. The van der Waals surface area contributed by atoms with Crippen molar-refractivity contribution in [3.63, 3.8) is 0 Å². The fourth-order valence-corrected chi connectivity index (χ4v) is 2.63. The minimum Gasteiger partial charge on any atom is -0.370 e. The molecule has 1 atom stereocenters. The molecular weight excluding hydrogens is 375 g/mol. The van der Waals surface area contributed by atoms with Crippen molar-refractivity contribution in [3.05, 3.63) is 29.8 Å². The van der Waals surface area contributed by atoms with Gasteiger partial charge in [-0.05, 0) is 50.9 Å². The third-order valence-electron chi connectivity index (χ3n) is 3.75. The Morgan fingerprint density at radius 1 is 1.38 bits per heavy atom. The third kappa shape index (κ3) is 6.22. The van der Waals surface area contributed by atoms with Gasteiger partial charge in [-0.15, -0.1) is 24.0 Å². The smallest absolute Gasteiger partial charge is 0.193 e. The van der Waals surface area contributed by atoms with E-state index in [-0.39, 0.29) is 24.0 Å². The van der Waals surface area contributed by atoms with Gasteiger partial charge in [0.2, 0.25) is 0 Å². The molecule has 0 saturated carbocycles. The number of nitrogens with one attached hydrogen (secondary N) is 1. The maximum Gasteiger partial charge on any atom is 0.193 e. The molecule has 118 valence electrons. The fourth-order valence-electron chi connectivity index (χ4n) is 2.63. The first-order chi connectivity index (χ1) is 9.67. The average Bonchev–Trinajstić information content (AvgIpc) is 2.87. The number of aryl methyl sites for hydroxylation is 1. The Morgan fingerprint density at radius 2 is 2.10 bits per heavy atom. The molecule has 1 heterocycles. The van der Waals surface area contributed by atoms with Crippen LogP contribution >= 0.6 is 24.0 Å². The monoisotopic (exact) mass is 402 g/mol. The van der Waals surface area contributed by atoms with Gasteiger partial charge in [0.25, 0.3) is 0 Å². The second-order valence-corrected chi connectivity index (χ2v) is 5.67. The van der Waals surface area contributed by atoms with Crippen LogP contribution in [0.3, 0.4) is 0 Å². The lowest BCUT2D eigenvalue weighted by Gasteiger charge is -2.13. The molecule has 0 spiro atoms. The van der Waals surface area contributed by atoms with E-state index < -0.39 is 0 Å². The first-order valence-corrected chi connectivity index (χ1v) is 7.53. The molecule has 1 aromatic carbocycles. The maximum atomic E-state index is 5.94. The molecular formula is C16H27IN4. The highest BCUT2D eigenvalue weighted by Gasteiger charge is 2.21. The van der Waals surface area contributed by atoms with Crippen LogP contribution in [0.15, 0.2) is 29.3 Å². The van der Waals surface area contributed by atoms with Gasteiger partial charge in [-0.2, -0.15) is 0 Å². The zero-order chi connectivity index (χ0) is 14.4. The molecule has 1 aromatic rings. The van der Waals surface area contributed by atoms with Gasteiger partial charge in [-0.25, -0.2) is 0 Å². The van der Waals surface area contributed by atoms with E-state index in [9.17, 15) is 0 Å². The quantitative estimate of drug-likeness (QED) is 0.452. The van der Waals surface area contributed by atoms with Crippen molar-refractivity contribution >= 4 is 35.6 Å². The van der Waals surface area contributed by atoms with Gasteiger partial charge in [-0.3, -0.25) is 4.99 Å². The number of likely N-dealkylation sites (tertiary alicyclic amines) is 1. The van der Waals surface area contributed by atoms with Gasteiger partial charge in [0.1, 0.15) is 0 Å². The van der Waals surface area contributed by atoms with E-state index >= 15 is 0 Å². The van der Waals surface area contributed by atoms with E-state index in [1.165, 1.54) is 31.5 Å². The van der Waals surface area contributed by atoms with E-state index in [1.807, 2.05) is 12.1 Å². The van der Waals surface area contributed by atoms with Crippen molar-refractivity contribution in [1.82, 2.24) is 4.90 Å². The van der Waals surface area contributed by atoms with Gasteiger partial charge >= 0.3 is 0 Å². The molecule has 1 fully saturated rings. The van der Waals surface area contributed by atoms with Crippen LogP contribution in [0.5, 0.6) is 0 Å². The Balaban J connectivity index is 0.00000220. The van der Waals surface area contributed by atoms with Crippen LogP contribution in [0.2, 0.25) is 0 Å². The number of aliphatic imine (C=N–C) groups is 1. The second kappa shape index (κ2) is 9.25. The summed E-state index contributed by atoms with van der Waals surface area (Å²) in [5.41, 5.74) is 8.18. The molecule has 3 N–H and O–H groups in total. The molecule has 2 rings (SSSR count). The third-order valence-corrected chi connectivity index (χ3v) is 3.75. The molecule has 1 unspecified atom stereocenters. The molecule has 0 bridgehead atoms. The summed E-state index contributed by atoms with van der Waals surface area (Å²) in [5, 5.41) is 3.14. The van der Waals surface area contributed by atoms with E-state index in [4.69, 9.17) is 5.73 Å². The molecule has 1 saturated heterocycles. The van der Waals surface area contributed by atoms with E-state index in [0.717, 1.165) is 18.8 Å². The molecule has 4 nitrogen and oxygen atoms in total. The number of anilines is 1. The summed E-state index contributed by atoms with van der Waals surface area (Å²) in [5.74, 6) is 1.17. The topological polar surface area (TPSA) is 53.6 Å². The van der Waals surface area contributed by atoms with Crippen LogP contribution < -0.4 is 11.1 Å². The van der Waals surface area contributed by atoms with Crippen molar-refractivity contribution in [1.29, 1.82) is 0 Å². The summed E-state index contributed by atoms with van der Waals surface area (Å²) in [6, 6.07) is 8.18. The summed E-state index contributed by atoms with van der Waals surface area (Å²) in [6.45, 7) is 8.70. The van der Waals surface area contributed by atoms with Gasteiger partial charge < -0.3 is 16.0 Å². The lowest BCUT2D eigenvalue weighted by atomic mass is 10.1. The minimum absolute atomic E-state index is 0. The second-order valence-electron chi connectivity index (χ2n) is 5.67. The van der Waals surface area contributed by atoms with Crippen LogP contribution in [0.4, 0.5) is 5.69 Å². The molecule has 1 aliphatic heterocycles. The largest absolute Gasteiger partial charge is 0.370 e. The van der Waals surface area contributed by atoms with Crippen LogP contribution in [-0.2, 0) is 0 Å². The van der Waals surface area contributed by atoms with Gasteiger partial charge in [-0.1, -0.05) is 24.6 Å². The van der Waals surface area contributed by atoms with Crippen molar-refractivity contribution < 1.29 is 0 Å². The molecule has 0 amide bonds. The standard InChI is InChI=1S/C16H26N4.HI/c1-3-9-20-10-8-14(12-20)11-18-16(17)19-15-6-4-13(2)5-7-15;/h4-7,14H,3,8-12H2,1-2H3,(H3,17,18,19);1H. The predicted octanol–water partition coefficient (Wildman–Crippen LogP) is 3.07. The molecule has 0 aliphatic carbocycles. The lowest BCUT2D eigenvalue weighted by molar-refractivity contribution is 0.326. The lowest BCUT2D eigenvalue weighted by Crippen LogP contribution is -2.25. The van der Waals surface area contributed by atoms with E-state index in [2.05, 4.69) is 41.2 Å². The highest BCUT2D eigenvalue weighted by atomic mass is 127. The molecule has 21 heavy (non-hydrogen) atoms. The van der Waals surface area contributed by atoms with Crippen LogP contribution in [0, 0.1) is 12.8 Å². The maximum absolute atomic E-state index is 5.94. The Kier molecular flexibility index (Phi) is 8.03. The average molecular weight is 402 g/mol. The molecule has 1 aliphatic rings. The van der Waals surface area contributed by atoms with Gasteiger partial charge in [0, 0.05) is 18.8 Å². The van der Waals surface area contributed by atoms with Crippen molar-refractivity contribution in [2.24, 2.45) is 16.6 Å². The zero-order valence-corrected chi connectivity index (χ0v) is 15.3. The van der Waals surface area contributed by atoms with Gasteiger partial charge in [0.05, 0.1) is 0 Å². The number of nitrogens with two attached hydrogens (primary N) is 1. The SMILES string of the molecule is CCCN1CCC(CN=C(N)Nc2ccc(C)cc2)C1.I. The number of rotatable bonds is 5. The summed E-state index contributed by atoms with van der Waals surface area (Å²) in [6.07, 6.45) is 2.47. The number of hydrogen-bond acceptors (Lipinski definition) is 2. The summed E-state index contributed by atoms with van der Waals surface area (Å²) < 4.78 is 0. The van der Waals surface area contributed by atoms with Crippen molar-refractivity contribution in [2.45, 2.75) is 26.7 Å². The Bertz CT molecular complexity index is 444. The predicted molar refractivity (Wildman–Crippen MR) is 102 cm³/mol. The molecule has 5 heteroatoms. The number of halogens is 1. The first kappa shape index (κ1) is 18.2. The van der Waals surface area contributed by atoms with E-state index in [1.54, 1.807) is 0 Å². The van der Waals surface area contributed by atoms with Crippen molar-refractivity contribution in [3.8, 4) is 0 Å². The summed E-state index contributed by atoms with van der Waals surface area (Å²) in [7, 11) is 0. The Hall–Kier alpha value is -0.820. The summed E-state index contributed by atoms with van der Waals surface area (Å²) >= 11 is 0. The number of hydrogen-bond donors (Lipinski definition) is 2.